The molecule has 0 aromatic heterocycles. The number of carboxylic acids is 1. The normalized spacial score (nSPS) is 22.2. The number of aliphatic carboxylic acids is 1. The predicted octanol–water partition coefficient (Wildman–Crippen LogP) is 0.0691. The number of imide groups is 1. The molecule has 1 heterocycles. The molecule has 0 aliphatic carbocycles. The molecular weight excluding hydrogens is 280 g/mol. The van der Waals surface area contributed by atoms with E-state index in [1.165, 1.54) is 33.0 Å². The van der Waals surface area contributed by atoms with E-state index < -0.39 is 23.3 Å². The van der Waals surface area contributed by atoms with Crippen molar-refractivity contribution < 1.29 is 29.0 Å². The van der Waals surface area contributed by atoms with E-state index in [9.17, 15) is 14.4 Å². The summed E-state index contributed by atoms with van der Waals surface area (Å²) in [5.74, 6) is -1.72. The van der Waals surface area contributed by atoms with Gasteiger partial charge in [-0.25, -0.2) is 4.79 Å². The van der Waals surface area contributed by atoms with E-state index in [-0.39, 0.29) is 18.6 Å². The van der Waals surface area contributed by atoms with Crippen LogP contribution in [0, 0.1) is 5.41 Å². The Bertz CT molecular complexity index is 411. The second-order valence-electron chi connectivity index (χ2n) is 5.67. The molecule has 0 aromatic carbocycles. The smallest absolute Gasteiger partial charge is 0.324 e. The summed E-state index contributed by atoms with van der Waals surface area (Å²) in [7, 11) is 3.05. The van der Waals surface area contributed by atoms with Gasteiger partial charge in [-0.15, -0.1) is 0 Å². The van der Waals surface area contributed by atoms with E-state index in [0.717, 1.165) is 0 Å². The molecule has 2 unspecified atom stereocenters. The quantitative estimate of drug-likeness (QED) is 0.744. The van der Waals surface area contributed by atoms with Crippen molar-refractivity contribution >= 4 is 17.9 Å². The third-order valence-electron chi connectivity index (χ3n) is 3.54. The topological polar surface area (TPSA) is 105 Å². The molecule has 0 saturated carbocycles. The van der Waals surface area contributed by atoms with Crippen LogP contribution in [0.25, 0.3) is 0 Å². The molecule has 0 aromatic rings. The number of nitrogens with one attached hydrogen (secondary N) is 1. The Morgan fingerprint density at radius 2 is 1.67 bits per heavy atom. The Hall–Kier alpha value is -1.67. The minimum atomic E-state index is -1.22. The first-order chi connectivity index (χ1) is 9.71. The van der Waals surface area contributed by atoms with Gasteiger partial charge in [0.2, 0.25) is 5.91 Å². The molecule has 1 saturated heterocycles. The summed E-state index contributed by atoms with van der Waals surface area (Å²) in [6.45, 7) is 3.49. The maximum atomic E-state index is 12.0. The molecule has 2 atom stereocenters. The Labute approximate surface area is 123 Å². The van der Waals surface area contributed by atoms with Gasteiger partial charge in [0.25, 0.3) is 0 Å². The first-order valence-corrected chi connectivity index (χ1v) is 6.59. The van der Waals surface area contributed by atoms with Crippen molar-refractivity contribution in [1.29, 1.82) is 0 Å². The molecule has 1 aliphatic rings. The van der Waals surface area contributed by atoms with E-state index in [1.807, 2.05) is 0 Å². The van der Waals surface area contributed by atoms with Crippen LogP contribution in [0.5, 0.6) is 0 Å². The lowest BCUT2D eigenvalue weighted by atomic mass is 9.89. The fourth-order valence-electron chi connectivity index (χ4n) is 2.08. The number of likely N-dealkylation sites (tertiary alicyclic amines) is 1. The molecule has 0 radical (unpaired) electrons. The molecule has 1 fully saturated rings. The first-order valence-electron chi connectivity index (χ1n) is 6.59. The van der Waals surface area contributed by atoms with Crippen LogP contribution >= 0.6 is 0 Å². The minimum absolute atomic E-state index is 0.244. The van der Waals surface area contributed by atoms with Crippen LogP contribution in [-0.2, 0) is 19.1 Å². The second kappa shape index (κ2) is 6.86. The molecule has 21 heavy (non-hydrogen) atoms. The summed E-state index contributed by atoms with van der Waals surface area (Å²) in [4.78, 5) is 36.1. The van der Waals surface area contributed by atoms with E-state index in [0.29, 0.717) is 13.1 Å². The van der Waals surface area contributed by atoms with E-state index in [1.54, 1.807) is 0 Å². The lowest BCUT2D eigenvalue weighted by Crippen LogP contribution is -2.44. The summed E-state index contributed by atoms with van der Waals surface area (Å²) in [6, 6.07) is -0.567. The predicted molar refractivity (Wildman–Crippen MR) is 72.7 cm³/mol. The van der Waals surface area contributed by atoms with E-state index in [2.05, 4.69) is 5.32 Å². The fourth-order valence-corrected chi connectivity index (χ4v) is 2.08. The number of ether oxygens (including phenoxy) is 2. The summed E-state index contributed by atoms with van der Waals surface area (Å²) < 4.78 is 10.4. The largest absolute Gasteiger partial charge is 0.481 e. The highest BCUT2D eigenvalue weighted by Gasteiger charge is 2.37. The first kappa shape index (κ1) is 17.4. The molecule has 0 spiro atoms. The van der Waals surface area contributed by atoms with Crippen molar-refractivity contribution in [3.63, 3.8) is 0 Å². The Kier molecular flexibility index (Phi) is 5.68. The number of urea groups is 1. The standard InChI is InChI=1S/C13H22N2O6/c1-13(2,11(17)18)5-10(16)14-12(19)15-6-8(20-3)9(7-15)21-4/h8-9H,5-7H2,1-4H3,(H,17,18)(H,14,16,19). The van der Waals surface area contributed by atoms with Crippen LogP contribution < -0.4 is 5.32 Å². The van der Waals surface area contributed by atoms with Crippen LogP contribution in [0.4, 0.5) is 4.79 Å². The number of hydrogen-bond acceptors (Lipinski definition) is 5. The molecule has 3 amide bonds. The third-order valence-corrected chi connectivity index (χ3v) is 3.54. The van der Waals surface area contributed by atoms with Crippen molar-refractivity contribution in [3.05, 3.63) is 0 Å². The van der Waals surface area contributed by atoms with Gasteiger partial charge in [0, 0.05) is 20.6 Å². The number of hydrogen-bond donors (Lipinski definition) is 2. The molecule has 1 rings (SSSR count). The average molecular weight is 302 g/mol. The number of methoxy groups -OCH3 is 2. The maximum Gasteiger partial charge on any atom is 0.324 e. The van der Waals surface area contributed by atoms with Crippen LogP contribution in [0.1, 0.15) is 20.3 Å². The Morgan fingerprint density at radius 1 is 1.19 bits per heavy atom. The maximum absolute atomic E-state index is 12.0. The van der Waals surface area contributed by atoms with Crippen molar-refractivity contribution in [3.8, 4) is 0 Å². The Balaban J connectivity index is 2.54. The van der Waals surface area contributed by atoms with Gasteiger partial charge < -0.3 is 19.5 Å². The van der Waals surface area contributed by atoms with Gasteiger partial charge in [-0.05, 0) is 13.8 Å². The molecule has 8 nitrogen and oxygen atoms in total. The van der Waals surface area contributed by atoms with Crippen molar-refractivity contribution in [1.82, 2.24) is 10.2 Å². The van der Waals surface area contributed by atoms with Crippen molar-refractivity contribution in [2.75, 3.05) is 27.3 Å². The fraction of sp³-hybridized carbons (Fsp3) is 0.769. The van der Waals surface area contributed by atoms with Gasteiger partial charge in [0.05, 0.1) is 18.5 Å². The molecule has 1 aliphatic heterocycles. The molecule has 2 N–H and O–H groups in total. The van der Waals surface area contributed by atoms with Gasteiger partial charge in [-0.3, -0.25) is 14.9 Å². The summed E-state index contributed by atoms with van der Waals surface area (Å²) in [5, 5.41) is 11.2. The molecular formula is C13H22N2O6. The van der Waals surface area contributed by atoms with Gasteiger partial charge in [-0.1, -0.05) is 0 Å². The van der Waals surface area contributed by atoms with Crippen molar-refractivity contribution in [2.24, 2.45) is 5.41 Å². The molecule has 120 valence electrons. The van der Waals surface area contributed by atoms with Crippen LogP contribution in [0.3, 0.4) is 0 Å². The number of carbonyl (C=O) groups excluding carboxylic acids is 2. The average Bonchev–Trinajstić information content (AvgIpc) is 2.80. The number of nitrogens with zero attached hydrogens (tertiary/aromatic N) is 1. The zero-order valence-electron chi connectivity index (χ0n) is 12.7. The van der Waals surface area contributed by atoms with E-state index in [4.69, 9.17) is 14.6 Å². The monoisotopic (exact) mass is 302 g/mol. The highest BCUT2D eigenvalue weighted by molar-refractivity contribution is 5.96. The van der Waals surface area contributed by atoms with Crippen LogP contribution in [0.2, 0.25) is 0 Å². The highest BCUT2D eigenvalue weighted by atomic mass is 16.5. The van der Waals surface area contributed by atoms with E-state index >= 15 is 0 Å². The van der Waals surface area contributed by atoms with Gasteiger partial charge in [0.15, 0.2) is 0 Å². The third kappa shape index (κ3) is 4.40. The zero-order chi connectivity index (χ0) is 16.2. The summed E-state index contributed by atoms with van der Waals surface area (Å²) >= 11 is 0. The zero-order valence-corrected chi connectivity index (χ0v) is 12.7. The molecule has 0 bridgehead atoms. The SMILES string of the molecule is COC1CN(C(=O)NC(=O)CC(C)(C)C(=O)O)CC1OC. The lowest BCUT2D eigenvalue weighted by Gasteiger charge is -2.20. The Morgan fingerprint density at radius 3 is 2.05 bits per heavy atom. The second-order valence-corrected chi connectivity index (χ2v) is 5.67. The molecule has 8 heteroatoms. The number of carbonyl (C=O) groups is 3. The lowest BCUT2D eigenvalue weighted by molar-refractivity contribution is -0.149. The van der Waals surface area contributed by atoms with Crippen LogP contribution in [0.15, 0.2) is 0 Å². The van der Waals surface area contributed by atoms with Gasteiger partial charge in [0.1, 0.15) is 12.2 Å². The van der Waals surface area contributed by atoms with Gasteiger partial charge in [-0.2, -0.15) is 0 Å². The number of carboxylic acid groups (broad SMARTS) is 1. The minimum Gasteiger partial charge on any atom is -0.481 e. The van der Waals surface area contributed by atoms with Gasteiger partial charge >= 0.3 is 12.0 Å². The summed E-state index contributed by atoms with van der Waals surface area (Å²) in [5.41, 5.74) is -1.22. The number of amides is 3. The number of rotatable bonds is 5. The van der Waals surface area contributed by atoms with Crippen molar-refractivity contribution in [2.45, 2.75) is 32.5 Å². The summed E-state index contributed by atoms with van der Waals surface area (Å²) in [6.07, 6.45) is -0.763. The van der Waals surface area contributed by atoms with Crippen LogP contribution in [-0.4, -0.2) is 67.4 Å². The highest BCUT2D eigenvalue weighted by Crippen LogP contribution is 2.20.